The number of benzene rings is 1. The maximum Gasteiger partial charge on any atom is 0.267 e. The van der Waals surface area contributed by atoms with Gasteiger partial charge in [-0.15, -0.1) is 0 Å². The fourth-order valence-electron chi connectivity index (χ4n) is 4.16. The lowest BCUT2D eigenvalue weighted by Gasteiger charge is -2.46. The molecule has 0 spiro atoms. The second-order valence-corrected chi connectivity index (χ2v) is 6.99. The van der Waals surface area contributed by atoms with Crippen molar-refractivity contribution in [3.8, 4) is 11.5 Å². The molecule has 1 aromatic carbocycles. The summed E-state index contributed by atoms with van der Waals surface area (Å²) < 4.78 is 11.8. The Bertz CT molecular complexity index is 590. The van der Waals surface area contributed by atoms with E-state index in [0.29, 0.717) is 24.6 Å². The van der Waals surface area contributed by atoms with Crippen LogP contribution in [0.1, 0.15) is 26.2 Å². The third-order valence-electron chi connectivity index (χ3n) is 5.42. The topological polar surface area (TPSA) is 59.0 Å². The highest BCUT2D eigenvalue weighted by Crippen LogP contribution is 2.37. The maximum atomic E-state index is 13.0. The molecule has 1 saturated heterocycles. The van der Waals surface area contributed by atoms with Gasteiger partial charge in [0.05, 0.1) is 6.10 Å². The molecule has 2 fully saturated rings. The van der Waals surface area contributed by atoms with Gasteiger partial charge in [0.1, 0.15) is 6.10 Å². The van der Waals surface area contributed by atoms with E-state index in [0.717, 1.165) is 19.3 Å². The van der Waals surface area contributed by atoms with E-state index in [4.69, 9.17) is 9.47 Å². The van der Waals surface area contributed by atoms with Crippen molar-refractivity contribution < 1.29 is 19.4 Å². The highest BCUT2D eigenvalue weighted by atomic mass is 16.6. The molecule has 1 aliphatic carbocycles. The van der Waals surface area contributed by atoms with E-state index in [1.165, 1.54) is 0 Å². The minimum Gasteiger partial charge on any atom is -0.482 e. The van der Waals surface area contributed by atoms with Crippen LogP contribution in [0.4, 0.5) is 0 Å². The van der Waals surface area contributed by atoms with Gasteiger partial charge in [-0.2, -0.15) is 0 Å². The second kappa shape index (κ2) is 5.71. The normalized spacial score (nSPS) is 35.7. The fraction of sp³-hybridized carbons (Fsp3) is 0.611. The summed E-state index contributed by atoms with van der Waals surface area (Å²) in [5.74, 6) is 1.71. The Morgan fingerprint density at radius 1 is 1.13 bits per heavy atom. The fourth-order valence-corrected chi connectivity index (χ4v) is 4.16. The molecule has 2 heterocycles. The average molecular weight is 317 g/mol. The molecule has 1 N–H and O–H groups in total. The molecule has 4 rings (SSSR count). The Balaban J connectivity index is 1.51. The minimum absolute atomic E-state index is 0.0178. The van der Waals surface area contributed by atoms with Crippen molar-refractivity contribution in [2.75, 3.05) is 13.1 Å². The number of para-hydroxylation sites is 2. The molecule has 5 heteroatoms. The average Bonchev–Trinajstić information content (AvgIpc) is 2.53. The summed E-state index contributed by atoms with van der Waals surface area (Å²) in [6.07, 6.45) is 1.98. The third-order valence-corrected chi connectivity index (χ3v) is 5.42. The number of piperidine rings is 1. The molecule has 1 amide bonds. The molecule has 1 aromatic rings. The SMILES string of the molecule is C[C@@H]1Oc2ccccc2O[C@@H]1C(=O)N1C[C@H]2CCC[C@@H](C1)C2O. The summed E-state index contributed by atoms with van der Waals surface area (Å²) in [6, 6.07) is 7.45. The van der Waals surface area contributed by atoms with Gasteiger partial charge in [0.25, 0.3) is 5.91 Å². The van der Waals surface area contributed by atoms with Gasteiger partial charge in [0, 0.05) is 24.9 Å². The Kier molecular flexibility index (Phi) is 3.68. The van der Waals surface area contributed by atoms with Crippen LogP contribution in [0.2, 0.25) is 0 Å². The molecule has 124 valence electrons. The number of hydrogen-bond donors (Lipinski definition) is 1. The summed E-state index contributed by atoms with van der Waals surface area (Å²) in [5.41, 5.74) is 0. The number of nitrogens with zero attached hydrogens (tertiary/aromatic N) is 1. The highest BCUT2D eigenvalue weighted by Gasteiger charge is 2.44. The van der Waals surface area contributed by atoms with Crippen LogP contribution < -0.4 is 9.47 Å². The van der Waals surface area contributed by atoms with Crippen molar-refractivity contribution in [2.45, 2.75) is 44.5 Å². The molecule has 0 radical (unpaired) electrons. The van der Waals surface area contributed by atoms with Crippen molar-refractivity contribution in [2.24, 2.45) is 11.8 Å². The number of aliphatic hydroxyl groups is 1. The number of rotatable bonds is 1. The van der Waals surface area contributed by atoms with E-state index < -0.39 is 6.10 Å². The van der Waals surface area contributed by atoms with Crippen LogP contribution >= 0.6 is 0 Å². The predicted octanol–water partition coefficient (Wildman–Crippen LogP) is 1.83. The summed E-state index contributed by atoms with van der Waals surface area (Å²) in [5, 5.41) is 10.3. The van der Waals surface area contributed by atoms with Gasteiger partial charge in [0.15, 0.2) is 11.5 Å². The van der Waals surface area contributed by atoms with Crippen molar-refractivity contribution in [3.05, 3.63) is 24.3 Å². The minimum atomic E-state index is -0.610. The third kappa shape index (κ3) is 2.57. The molecule has 5 atom stereocenters. The molecule has 0 aromatic heterocycles. The number of carbonyl (C=O) groups is 1. The van der Waals surface area contributed by atoms with Crippen LogP contribution in [0.3, 0.4) is 0 Å². The van der Waals surface area contributed by atoms with Gasteiger partial charge >= 0.3 is 0 Å². The van der Waals surface area contributed by atoms with Crippen molar-refractivity contribution in [3.63, 3.8) is 0 Å². The molecule has 23 heavy (non-hydrogen) atoms. The van der Waals surface area contributed by atoms with Crippen LogP contribution in [0.15, 0.2) is 24.3 Å². The maximum absolute atomic E-state index is 13.0. The van der Waals surface area contributed by atoms with Crippen LogP contribution in [0.5, 0.6) is 11.5 Å². The van der Waals surface area contributed by atoms with E-state index in [2.05, 4.69) is 0 Å². The van der Waals surface area contributed by atoms with Crippen molar-refractivity contribution in [1.82, 2.24) is 4.90 Å². The first kappa shape index (κ1) is 14.8. The first-order valence-corrected chi connectivity index (χ1v) is 8.52. The summed E-state index contributed by atoms with van der Waals surface area (Å²) in [4.78, 5) is 14.8. The zero-order chi connectivity index (χ0) is 16.0. The Morgan fingerprint density at radius 2 is 1.74 bits per heavy atom. The van der Waals surface area contributed by atoms with Crippen molar-refractivity contribution >= 4 is 5.91 Å². The first-order chi connectivity index (χ1) is 11.1. The van der Waals surface area contributed by atoms with Crippen LogP contribution in [-0.4, -0.2) is 47.3 Å². The molecule has 1 saturated carbocycles. The number of fused-ring (bicyclic) bond motifs is 3. The van der Waals surface area contributed by atoms with E-state index in [9.17, 15) is 9.90 Å². The van der Waals surface area contributed by atoms with Crippen LogP contribution in [0.25, 0.3) is 0 Å². The molecular formula is C18H23NO4. The number of ether oxygens (including phenoxy) is 2. The highest BCUT2D eigenvalue weighted by molar-refractivity contribution is 5.82. The predicted molar refractivity (Wildman–Crippen MR) is 84.4 cm³/mol. The molecule has 3 aliphatic rings. The zero-order valence-electron chi connectivity index (χ0n) is 13.4. The van der Waals surface area contributed by atoms with Crippen LogP contribution in [-0.2, 0) is 4.79 Å². The molecular weight excluding hydrogens is 294 g/mol. The quantitative estimate of drug-likeness (QED) is 0.858. The zero-order valence-corrected chi connectivity index (χ0v) is 13.4. The van der Waals surface area contributed by atoms with E-state index >= 15 is 0 Å². The Morgan fingerprint density at radius 3 is 2.39 bits per heavy atom. The molecule has 1 unspecified atom stereocenters. The van der Waals surface area contributed by atoms with Gasteiger partial charge in [-0.25, -0.2) is 0 Å². The Labute approximate surface area is 136 Å². The molecule has 5 nitrogen and oxygen atoms in total. The summed E-state index contributed by atoms with van der Waals surface area (Å²) in [6.45, 7) is 3.13. The first-order valence-electron chi connectivity index (χ1n) is 8.52. The summed E-state index contributed by atoms with van der Waals surface area (Å²) in [7, 11) is 0. The van der Waals surface area contributed by atoms with Gasteiger partial charge in [-0.05, 0) is 31.9 Å². The molecule has 2 aliphatic heterocycles. The van der Waals surface area contributed by atoms with Gasteiger partial charge in [-0.3, -0.25) is 4.79 Å². The lowest BCUT2D eigenvalue weighted by atomic mass is 9.75. The number of likely N-dealkylation sites (tertiary alicyclic amines) is 1. The lowest BCUT2D eigenvalue weighted by Crippen LogP contribution is -2.58. The van der Waals surface area contributed by atoms with Crippen LogP contribution in [0, 0.1) is 11.8 Å². The largest absolute Gasteiger partial charge is 0.482 e. The number of hydrogen-bond acceptors (Lipinski definition) is 4. The summed E-state index contributed by atoms with van der Waals surface area (Å²) >= 11 is 0. The number of carbonyl (C=O) groups excluding carboxylic acids is 1. The molecule has 2 bridgehead atoms. The second-order valence-electron chi connectivity index (χ2n) is 6.99. The van der Waals surface area contributed by atoms with Gasteiger partial charge in [0.2, 0.25) is 6.10 Å². The van der Waals surface area contributed by atoms with E-state index in [-0.39, 0.29) is 30.0 Å². The lowest BCUT2D eigenvalue weighted by molar-refractivity contribution is -0.152. The van der Waals surface area contributed by atoms with Gasteiger partial charge in [-0.1, -0.05) is 18.6 Å². The Hall–Kier alpha value is -1.75. The van der Waals surface area contributed by atoms with Crippen molar-refractivity contribution in [1.29, 1.82) is 0 Å². The number of aliphatic hydroxyl groups excluding tert-OH is 1. The standard InChI is InChI=1S/C18H23NO4/c1-11-17(23-15-8-3-2-7-14(15)22-11)18(21)19-9-12-5-4-6-13(10-19)16(12)20/h2-3,7-8,11-13,16-17,20H,4-6,9-10H2,1H3/t11-,12-,13+,16?,17-/m0/s1. The van der Waals surface area contributed by atoms with E-state index in [1.54, 1.807) is 0 Å². The monoisotopic (exact) mass is 317 g/mol. The number of amides is 1. The smallest absolute Gasteiger partial charge is 0.267 e. The van der Waals surface area contributed by atoms with Gasteiger partial charge < -0.3 is 19.5 Å². The van der Waals surface area contributed by atoms with E-state index in [1.807, 2.05) is 36.1 Å².